The molecule has 0 N–H and O–H groups in total. The molecule has 0 aliphatic carbocycles. The van der Waals surface area contributed by atoms with Gasteiger partial charge in [0.15, 0.2) is 9.04 Å². The minimum absolute atomic E-state index is 0.289. The van der Waals surface area contributed by atoms with Gasteiger partial charge in [-0.05, 0) is 19.5 Å². The summed E-state index contributed by atoms with van der Waals surface area (Å²) in [5.41, 5.74) is 0. The number of cyclic esters (lactones) is 2. The minimum atomic E-state index is -1.21. The van der Waals surface area contributed by atoms with Gasteiger partial charge in [0.1, 0.15) is 6.10 Å². The standard InChI is InChI=1S/C7H12O4Si/c1-12(2)11-5-3-4-6(8)10-7(5)9/h5,12H,3-4H2,1-2H3. The first kappa shape index (κ1) is 9.41. The maximum absolute atomic E-state index is 11.0. The van der Waals surface area contributed by atoms with Crippen molar-refractivity contribution in [3.05, 3.63) is 0 Å². The third-order valence-corrected chi connectivity index (χ3v) is 2.40. The van der Waals surface area contributed by atoms with Crippen LogP contribution in [0.3, 0.4) is 0 Å². The van der Waals surface area contributed by atoms with Crippen molar-refractivity contribution in [1.29, 1.82) is 0 Å². The van der Waals surface area contributed by atoms with Gasteiger partial charge in [0.25, 0.3) is 0 Å². The zero-order chi connectivity index (χ0) is 9.14. The van der Waals surface area contributed by atoms with Crippen LogP contribution in [0.4, 0.5) is 0 Å². The summed E-state index contributed by atoms with van der Waals surface area (Å²) < 4.78 is 9.78. The molecule has 1 fully saturated rings. The average Bonchev–Trinajstić information content (AvgIpc) is 1.94. The lowest BCUT2D eigenvalue weighted by Crippen LogP contribution is -2.36. The predicted molar refractivity (Wildman–Crippen MR) is 44.1 cm³/mol. The second kappa shape index (κ2) is 3.82. The Bertz CT molecular complexity index is 202. The summed E-state index contributed by atoms with van der Waals surface area (Å²) in [5, 5.41) is 0. The number of hydrogen-bond donors (Lipinski definition) is 0. The van der Waals surface area contributed by atoms with Crippen LogP contribution in [-0.4, -0.2) is 27.1 Å². The zero-order valence-electron chi connectivity index (χ0n) is 7.20. The fraction of sp³-hybridized carbons (Fsp3) is 0.714. The van der Waals surface area contributed by atoms with E-state index < -0.39 is 27.1 Å². The number of esters is 2. The third-order valence-electron chi connectivity index (χ3n) is 1.52. The number of carbonyl (C=O) groups is 2. The van der Waals surface area contributed by atoms with E-state index in [-0.39, 0.29) is 6.42 Å². The molecule has 1 atom stereocenters. The van der Waals surface area contributed by atoms with Gasteiger partial charge in [-0.25, -0.2) is 4.79 Å². The molecule has 5 heteroatoms. The van der Waals surface area contributed by atoms with Crippen molar-refractivity contribution >= 4 is 21.0 Å². The smallest absolute Gasteiger partial charge is 0.341 e. The fourth-order valence-electron chi connectivity index (χ4n) is 1.05. The van der Waals surface area contributed by atoms with E-state index >= 15 is 0 Å². The van der Waals surface area contributed by atoms with Crippen LogP contribution in [0, 0.1) is 0 Å². The van der Waals surface area contributed by atoms with Crippen LogP contribution in [0.5, 0.6) is 0 Å². The van der Waals surface area contributed by atoms with Crippen LogP contribution in [0.2, 0.25) is 13.1 Å². The maximum atomic E-state index is 11.0. The third kappa shape index (κ3) is 2.42. The van der Waals surface area contributed by atoms with Gasteiger partial charge in [0.2, 0.25) is 0 Å². The highest BCUT2D eigenvalue weighted by molar-refractivity contribution is 6.48. The summed E-state index contributed by atoms with van der Waals surface area (Å²) in [4.78, 5) is 21.6. The van der Waals surface area contributed by atoms with Crippen LogP contribution in [0.25, 0.3) is 0 Å². The van der Waals surface area contributed by atoms with Gasteiger partial charge in [-0.1, -0.05) is 0 Å². The van der Waals surface area contributed by atoms with E-state index in [1.807, 2.05) is 13.1 Å². The number of rotatable bonds is 2. The normalized spacial score (nSPS) is 24.4. The molecule has 0 bridgehead atoms. The van der Waals surface area contributed by atoms with E-state index in [9.17, 15) is 9.59 Å². The first-order chi connectivity index (χ1) is 5.59. The summed E-state index contributed by atoms with van der Waals surface area (Å²) in [6.07, 6.45) is 0.273. The molecule has 1 heterocycles. The summed E-state index contributed by atoms with van der Waals surface area (Å²) in [6.45, 7) is 3.95. The summed E-state index contributed by atoms with van der Waals surface area (Å²) in [6, 6.07) is 0. The lowest BCUT2D eigenvalue weighted by molar-refractivity contribution is -0.170. The van der Waals surface area contributed by atoms with Gasteiger partial charge in [0.05, 0.1) is 0 Å². The summed E-state index contributed by atoms with van der Waals surface area (Å²) >= 11 is 0. The number of ether oxygens (including phenoxy) is 1. The van der Waals surface area contributed by atoms with Crippen molar-refractivity contribution in [2.75, 3.05) is 0 Å². The van der Waals surface area contributed by atoms with Crippen LogP contribution in [0.15, 0.2) is 0 Å². The molecule has 12 heavy (non-hydrogen) atoms. The molecule has 1 rings (SSSR count). The van der Waals surface area contributed by atoms with Crippen molar-refractivity contribution in [1.82, 2.24) is 0 Å². The molecule has 1 saturated heterocycles. The molecule has 4 nitrogen and oxygen atoms in total. The van der Waals surface area contributed by atoms with Gasteiger partial charge in [-0.15, -0.1) is 0 Å². The molecule has 0 radical (unpaired) electrons. The molecule has 0 amide bonds. The maximum Gasteiger partial charge on any atom is 0.341 e. The molecule has 68 valence electrons. The molecule has 0 aromatic rings. The van der Waals surface area contributed by atoms with Crippen LogP contribution >= 0.6 is 0 Å². The Hall–Kier alpha value is -0.683. The van der Waals surface area contributed by atoms with Crippen LogP contribution < -0.4 is 0 Å². The number of carbonyl (C=O) groups excluding carboxylic acids is 2. The van der Waals surface area contributed by atoms with E-state index in [1.54, 1.807) is 0 Å². The fourth-order valence-corrected chi connectivity index (χ4v) is 1.95. The van der Waals surface area contributed by atoms with Gasteiger partial charge < -0.3 is 9.16 Å². The highest BCUT2D eigenvalue weighted by Crippen LogP contribution is 2.13. The Kier molecular flexibility index (Phi) is 2.99. The molecular weight excluding hydrogens is 176 g/mol. The highest BCUT2D eigenvalue weighted by atomic mass is 28.3. The Morgan fingerprint density at radius 1 is 1.50 bits per heavy atom. The van der Waals surface area contributed by atoms with E-state index in [0.717, 1.165) is 0 Å². The van der Waals surface area contributed by atoms with Crippen molar-refractivity contribution in [2.45, 2.75) is 32.0 Å². The minimum Gasteiger partial charge on any atom is -0.407 e. The molecule has 1 aliphatic rings. The van der Waals surface area contributed by atoms with E-state index in [1.165, 1.54) is 0 Å². The van der Waals surface area contributed by atoms with Gasteiger partial charge in [-0.3, -0.25) is 4.79 Å². The van der Waals surface area contributed by atoms with Crippen molar-refractivity contribution in [3.63, 3.8) is 0 Å². The lowest BCUT2D eigenvalue weighted by atomic mass is 10.1. The Morgan fingerprint density at radius 3 is 2.67 bits per heavy atom. The second-order valence-electron chi connectivity index (χ2n) is 3.01. The monoisotopic (exact) mass is 188 g/mol. The van der Waals surface area contributed by atoms with Crippen LogP contribution in [-0.2, 0) is 18.8 Å². The summed E-state index contributed by atoms with van der Waals surface area (Å²) in [7, 11) is -1.21. The van der Waals surface area contributed by atoms with E-state index in [4.69, 9.17) is 4.43 Å². The Morgan fingerprint density at radius 2 is 2.17 bits per heavy atom. The molecule has 0 saturated carbocycles. The lowest BCUT2D eigenvalue weighted by Gasteiger charge is -2.21. The SMILES string of the molecule is C[SiH](C)OC1CCC(=O)OC1=O. The van der Waals surface area contributed by atoms with Crippen molar-refractivity contribution < 1.29 is 18.8 Å². The quantitative estimate of drug-likeness (QED) is 0.353. The predicted octanol–water partition coefficient (Wildman–Crippen LogP) is 0.219. The molecule has 0 aromatic carbocycles. The zero-order valence-corrected chi connectivity index (χ0v) is 8.36. The first-order valence-corrected chi connectivity index (χ1v) is 6.77. The van der Waals surface area contributed by atoms with Gasteiger partial charge in [0, 0.05) is 6.42 Å². The van der Waals surface area contributed by atoms with Crippen molar-refractivity contribution in [2.24, 2.45) is 0 Å². The molecule has 1 unspecified atom stereocenters. The topological polar surface area (TPSA) is 52.6 Å². The number of hydrogen-bond acceptors (Lipinski definition) is 4. The van der Waals surface area contributed by atoms with Crippen molar-refractivity contribution in [3.8, 4) is 0 Å². The van der Waals surface area contributed by atoms with Gasteiger partial charge >= 0.3 is 11.9 Å². The second-order valence-corrected chi connectivity index (χ2v) is 5.37. The highest BCUT2D eigenvalue weighted by Gasteiger charge is 2.29. The molecule has 0 spiro atoms. The van der Waals surface area contributed by atoms with Gasteiger partial charge in [-0.2, -0.15) is 0 Å². The largest absolute Gasteiger partial charge is 0.407 e. The molecule has 0 aromatic heterocycles. The Balaban J connectivity index is 2.45. The van der Waals surface area contributed by atoms with E-state index in [2.05, 4.69) is 4.74 Å². The molecular formula is C7H12O4Si. The Labute approximate surface area is 72.6 Å². The molecule has 1 aliphatic heterocycles. The summed E-state index contributed by atoms with van der Waals surface area (Å²) in [5.74, 6) is -0.960. The van der Waals surface area contributed by atoms with E-state index in [0.29, 0.717) is 6.42 Å². The average molecular weight is 188 g/mol. The van der Waals surface area contributed by atoms with Crippen LogP contribution in [0.1, 0.15) is 12.8 Å². The first-order valence-electron chi connectivity index (χ1n) is 3.99.